The van der Waals surface area contributed by atoms with Crippen LogP contribution in [0.15, 0.2) is 36.4 Å². The predicted octanol–water partition coefficient (Wildman–Crippen LogP) is 5.59. The average molecular weight is 381 g/mol. The Morgan fingerprint density at radius 2 is 1.71 bits per heavy atom. The summed E-state index contributed by atoms with van der Waals surface area (Å²) in [5, 5.41) is 14.0. The molecule has 0 spiro atoms. The van der Waals surface area contributed by atoms with Gasteiger partial charge in [0.25, 0.3) is 5.69 Å². The molecule has 10 heteroatoms. The monoisotopic (exact) mass is 380 g/mol. The van der Waals surface area contributed by atoms with Gasteiger partial charge in [0.2, 0.25) is 0 Å². The quantitative estimate of drug-likeness (QED) is 0.542. The predicted molar refractivity (Wildman–Crippen MR) is 84.4 cm³/mol. The van der Waals surface area contributed by atoms with Crippen LogP contribution in [0.1, 0.15) is 0 Å². The van der Waals surface area contributed by atoms with E-state index in [-0.39, 0.29) is 27.2 Å². The number of anilines is 2. The first-order valence-corrected chi connectivity index (χ1v) is 7.11. The van der Waals surface area contributed by atoms with Gasteiger partial charge in [-0.3, -0.25) is 10.1 Å². The van der Waals surface area contributed by atoms with Crippen LogP contribution in [0.2, 0.25) is 10.0 Å². The molecule has 0 saturated carbocycles. The molecule has 0 aliphatic carbocycles. The number of benzene rings is 2. The Labute approximate surface area is 144 Å². The Morgan fingerprint density at radius 3 is 2.25 bits per heavy atom. The molecule has 0 unspecified atom stereocenters. The van der Waals surface area contributed by atoms with E-state index in [0.29, 0.717) is 5.69 Å². The minimum atomic E-state index is -4.43. The zero-order chi connectivity index (χ0) is 17.9. The highest BCUT2D eigenvalue weighted by atomic mass is 35.5. The first-order chi connectivity index (χ1) is 11.2. The first kappa shape index (κ1) is 18.2. The summed E-state index contributed by atoms with van der Waals surface area (Å²) in [5.74, 6) is 0.0153. The molecular formula is C14H9Cl2F3N2O3. The highest BCUT2D eigenvalue weighted by molar-refractivity contribution is 6.42. The molecule has 1 N–H and O–H groups in total. The van der Waals surface area contributed by atoms with Crippen molar-refractivity contribution in [1.29, 1.82) is 0 Å². The van der Waals surface area contributed by atoms with Crippen LogP contribution in [0.4, 0.5) is 30.2 Å². The van der Waals surface area contributed by atoms with Crippen LogP contribution in [0.25, 0.3) is 0 Å². The number of nitrogens with one attached hydrogen (secondary N) is 1. The number of rotatable bonds is 5. The molecule has 0 radical (unpaired) electrons. The maximum absolute atomic E-state index is 12.1. The van der Waals surface area contributed by atoms with E-state index in [4.69, 9.17) is 23.2 Å². The summed E-state index contributed by atoms with van der Waals surface area (Å²) < 4.78 is 40.8. The molecule has 2 aromatic rings. The fourth-order valence-corrected chi connectivity index (χ4v) is 2.06. The zero-order valence-electron chi connectivity index (χ0n) is 11.7. The summed E-state index contributed by atoms with van der Waals surface area (Å²) in [7, 11) is 0. The van der Waals surface area contributed by atoms with Gasteiger partial charge in [0, 0.05) is 11.8 Å². The molecule has 0 amide bonds. The van der Waals surface area contributed by atoms with Crippen molar-refractivity contribution in [2.24, 2.45) is 0 Å². The minimum Gasteiger partial charge on any atom is -0.484 e. The number of halogens is 5. The second-order valence-electron chi connectivity index (χ2n) is 4.59. The minimum absolute atomic E-state index is 0.0153. The standard InChI is InChI=1S/C14H9Cl2F3N2O3/c15-10-5-12(13(21(22)23)6-11(10)16)20-8-1-3-9(4-2-8)24-7-14(17,18)19/h1-6,20H,7H2. The molecule has 128 valence electrons. The van der Waals surface area contributed by atoms with Gasteiger partial charge in [-0.25, -0.2) is 0 Å². The number of nitro groups is 1. The SMILES string of the molecule is O=[N+]([O-])c1cc(Cl)c(Cl)cc1Nc1ccc(OCC(F)(F)F)cc1. The maximum atomic E-state index is 12.1. The third-order valence-electron chi connectivity index (χ3n) is 2.77. The van der Waals surface area contributed by atoms with Crippen LogP contribution in [0, 0.1) is 10.1 Å². The Kier molecular flexibility index (Phi) is 5.40. The van der Waals surface area contributed by atoms with E-state index >= 15 is 0 Å². The molecule has 0 bridgehead atoms. The molecule has 0 aliphatic heterocycles. The van der Waals surface area contributed by atoms with E-state index in [1.165, 1.54) is 30.3 Å². The average Bonchev–Trinajstić information content (AvgIpc) is 2.49. The number of nitrogens with zero attached hydrogens (tertiary/aromatic N) is 1. The van der Waals surface area contributed by atoms with Crippen LogP contribution in [0.5, 0.6) is 5.75 Å². The van der Waals surface area contributed by atoms with Gasteiger partial charge in [-0.1, -0.05) is 23.2 Å². The normalized spacial score (nSPS) is 11.2. The summed E-state index contributed by atoms with van der Waals surface area (Å²) in [5.41, 5.74) is 0.205. The summed E-state index contributed by atoms with van der Waals surface area (Å²) >= 11 is 11.6. The number of nitro benzene ring substituents is 1. The van der Waals surface area contributed by atoms with Gasteiger partial charge in [0.15, 0.2) is 6.61 Å². The van der Waals surface area contributed by atoms with Crippen LogP contribution >= 0.6 is 23.2 Å². The van der Waals surface area contributed by atoms with Gasteiger partial charge in [-0.2, -0.15) is 13.2 Å². The topological polar surface area (TPSA) is 64.4 Å². The van der Waals surface area contributed by atoms with Gasteiger partial charge in [0.1, 0.15) is 11.4 Å². The van der Waals surface area contributed by atoms with Gasteiger partial charge in [0.05, 0.1) is 15.0 Å². The number of hydrogen-bond donors (Lipinski definition) is 1. The van der Waals surface area contributed by atoms with E-state index in [1.807, 2.05) is 0 Å². The largest absolute Gasteiger partial charge is 0.484 e. The van der Waals surface area contributed by atoms with E-state index in [0.717, 1.165) is 6.07 Å². The highest BCUT2D eigenvalue weighted by Crippen LogP contribution is 2.35. The van der Waals surface area contributed by atoms with Crippen molar-refractivity contribution < 1.29 is 22.8 Å². The zero-order valence-corrected chi connectivity index (χ0v) is 13.2. The van der Waals surface area contributed by atoms with Crippen molar-refractivity contribution in [2.45, 2.75) is 6.18 Å². The van der Waals surface area contributed by atoms with Crippen LogP contribution in [-0.4, -0.2) is 17.7 Å². The fraction of sp³-hybridized carbons (Fsp3) is 0.143. The molecule has 0 fully saturated rings. The van der Waals surface area contributed by atoms with Gasteiger partial charge in [-0.15, -0.1) is 0 Å². The first-order valence-electron chi connectivity index (χ1n) is 6.36. The summed E-state index contributed by atoms with van der Waals surface area (Å²) in [4.78, 5) is 10.4. The molecule has 2 aromatic carbocycles. The second kappa shape index (κ2) is 7.14. The summed E-state index contributed by atoms with van der Waals surface area (Å²) in [6.07, 6.45) is -4.43. The van der Waals surface area contributed by atoms with Crippen LogP contribution in [0.3, 0.4) is 0 Å². The number of ether oxygens (including phenoxy) is 1. The summed E-state index contributed by atoms with van der Waals surface area (Å²) in [6, 6.07) is 7.83. The van der Waals surface area contributed by atoms with E-state index in [2.05, 4.69) is 10.1 Å². The third-order valence-corrected chi connectivity index (χ3v) is 3.49. The Bertz CT molecular complexity index is 752. The summed E-state index contributed by atoms with van der Waals surface area (Å²) in [6.45, 7) is -1.40. The smallest absolute Gasteiger partial charge is 0.422 e. The molecule has 0 aromatic heterocycles. The fourth-order valence-electron chi connectivity index (χ4n) is 1.74. The lowest BCUT2D eigenvalue weighted by molar-refractivity contribution is -0.383. The third kappa shape index (κ3) is 4.90. The van der Waals surface area contributed by atoms with E-state index in [1.54, 1.807) is 0 Å². The molecule has 0 aliphatic rings. The molecule has 0 heterocycles. The van der Waals surface area contributed by atoms with Crippen LogP contribution in [-0.2, 0) is 0 Å². The lowest BCUT2D eigenvalue weighted by Crippen LogP contribution is -2.19. The lowest BCUT2D eigenvalue weighted by atomic mass is 10.2. The van der Waals surface area contributed by atoms with Gasteiger partial charge < -0.3 is 10.1 Å². The van der Waals surface area contributed by atoms with Gasteiger partial charge in [-0.05, 0) is 30.3 Å². The Balaban J connectivity index is 2.17. The second-order valence-corrected chi connectivity index (χ2v) is 5.41. The van der Waals surface area contributed by atoms with Crippen molar-refractivity contribution in [3.63, 3.8) is 0 Å². The van der Waals surface area contributed by atoms with Crippen LogP contribution < -0.4 is 10.1 Å². The molecule has 5 nitrogen and oxygen atoms in total. The van der Waals surface area contributed by atoms with Crippen molar-refractivity contribution in [3.05, 3.63) is 56.6 Å². The highest BCUT2D eigenvalue weighted by Gasteiger charge is 2.28. The molecule has 0 saturated heterocycles. The molecule has 0 atom stereocenters. The molecule has 2 rings (SSSR count). The molecular weight excluding hydrogens is 372 g/mol. The Morgan fingerprint density at radius 1 is 1.12 bits per heavy atom. The van der Waals surface area contributed by atoms with E-state index < -0.39 is 17.7 Å². The lowest BCUT2D eigenvalue weighted by Gasteiger charge is -2.11. The van der Waals surface area contributed by atoms with E-state index in [9.17, 15) is 23.3 Å². The number of hydrogen-bond acceptors (Lipinski definition) is 4. The maximum Gasteiger partial charge on any atom is 0.422 e. The van der Waals surface area contributed by atoms with Crippen molar-refractivity contribution in [3.8, 4) is 5.75 Å². The van der Waals surface area contributed by atoms with Crippen molar-refractivity contribution in [1.82, 2.24) is 0 Å². The van der Waals surface area contributed by atoms with Gasteiger partial charge >= 0.3 is 6.18 Å². The van der Waals surface area contributed by atoms with Crippen molar-refractivity contribution >= 4 is 40.3 Å². The van der Waals surface area contributed by atoms with Crippen molar-refractivity contribution in [2.75, 3.05) is 11.9 Å². The Hall–Kier alpha value is -2.19. The number of alkyl halides is 3. The molecule has 24 heavy (non-hydrogen) atoms.